The predicted molar refractivity (Wildman–Crippen MR) is 68.3 cm³/mol. The van der Waals surface area contributed by atoms with Gasteiger partial charge in [-0.15, -0.1) is 0 Å². The van der Waals surface area contributed by atoms with E-state index in [2.05, 4.69) is 31.8 Å². The summed E-state index contributed by atoms with van der Waals surface area (Å²) in [6.07, 6.45) is 2.77. The average Bonchev–Trinajstić information content (AvgIpc) is 2.69. The molecule has 0 aromatic carbocycles. The number of hydrogen-bond donors (Lipinski definition) is 2. The van der Waals surface area contributed by atoms with Gasteiger partial charge in [0.15, 0.2) is 11.5 Å². The highest BCUT2D eigenvalue weighted by atomic mass is 16.5. The number of aromatic amines is 1. The Morgan fingerprint density at radius 1 is 1.50 bits per heavy atom. The van der Waals surface area contributed by atoms with Crippen molar-refractivity contribution in [2.75, 3.05) is 30.3 Å². The van der Waals surface area contributed by atoms with E-state index in [9.17, 15) is 0 Å². The van der Waals surface area contributed by atoms with Gasteiger partial charge in [-0.3, -0.25) is 0 Å². The fraction of sp³-hybridized carbons (Fsp3) is 0.545. The number of rotatable bonds is 1. The standard InChI is InChI=1S/C11H16N6O/c1-7-5-17(3-2-4-18-7)10-8-9(14-6-13-8)15-11(12)16-10/h6-7H,2-5H2,1H3,(H3,12,13,14,15,16). The zero-order valence-electron chi connectivity index (χ0n) is 10.3. The minimum absolute atomic E-state index is 0.182. The monoisotopic (exact) mass is 248 g/mol. The van der Waals surface area contributed by atoms with Gasteiger partial charge in [0.2, 0.25) is 5.95 Å². The third-order valence-corrected chi connectivity index (χ3v) is 3.04. The molecule has 0 spiro atoms. The third kappa shape index (κ3) is 1.97. The molecule has 1 fully saturated rings. The van der Waals surface area contributed by atoms with Gasteiger partial charge in [0, 0.05) is 19.7 Å². The number of nitrogen functional groups attached to an aromatic ring is 1. The summed E-state index contributed by atoms with van der Waals surface area (Å²) in [5, 5.41) is 0. The molecule has 1 aliphatic heterocycles. The molecule has 96 valence electrons. The Morgan fingerprint density at radius 2 is 2.39 bits per heavy atom. The molecule has 0 saturated carbocycles. The second-order valence-corrected chi connectivity index (χ2v) is 4.49. The number of aromatic nitrogens is 4. The molecular weight excluding hydrogens is 232 g/mol. The molecule has 1 saturated heterocycles. The van der Waals surface area contributed by atoms with Crippen LogP contribution in [0.3, 0.4) is 0 Å². The molecule has 0 amide bonds. The van der Waals surface area contributed by atoms with Crippen LogP contribution in [0.4, 0.5) is 11.8 Å². The molecular formula is C11H16N6O. The van der Waals surface area contributed by atoms with Crippen LogP contribution in [-0.2, 0) is 4.74 Å². The minimum atomic E-state index is 0.182. The number of hydrogen-bond acceptors (Lipinski definition) is 6. The Bertz CT molecular complexity index is 553. The van der Waals surface area contributed by atoms with Crippen molar-refractivity contribution in [2.45, 2.75) is 19.4 Å². The highest BCUT2D eigenvalue weighted by molar-refractivity contribution is 5.84. The van der Waals surface area contributed by atoms with Crippen molar-refractivity contribution >= 4 is 22.9 Å². The molecule has 1 aliphatic rings. The normalized spacial score (nSPS) is 21.2. The van der Waals surface area contributed by atoms with E-state index >= 15 is 0 Å². The van der Waals surface area contributed by atoms with Crippen molar-refractivity contribution in [3.8, 4) is 0 Å². The number of imidazole rings is 1. The average molecular weight is 248 g/mol. The van der Waals surface area contributed by atoms with E-state index in [1.54, 1.807) is 6.33 Å². The molecule has 2 aromatic heterocycles. The number of nitrogens with one attached hydrogen (secondary N) is 1. The van der Waals surface area contributed by atoms with Gasteiger partial charge in [-0.2, -0.15) is 9.97 Å². The van der Waals surface area contributed by atoms with E-state index in [0.717, 1.165) is 37.5 Å². The molecule has 1 unspecified atom stereocenters. The summed E-state index contributed by atoms with van der Waals surface area (Å²) < 4.78 is 5.64. The summed E-state index contributed by atoms with van der Waals surface area (Å²) >= 11 is 0. The summed E-state index contributed by atoms with van der Waals surface area (Å²) in [6.45, 7) is 4.54. The minimum Gasteiger partial charge on any atom is -0.377 e. The van der Waals surface area contributed by atoms with Crippen LogP contribution >= 0.6 is 0 Å². The maximum atomic E-state index is 5.73. The molecule has 0 bridgehead atoms. The molecule has 2 aromatic rings. The first-order valence-corrected chi connectivity index (χ1v) is 6.07. The molecule has 3 heterocycles. The molecule has 3 rings (SSSR count). The Hall–Kier alpha value is -1.89. The number of ether oxygens (including phenoxy) is 1. The predicted octanol–water partition coefficient (Wildman–Crippen LogP) is 0.550. The summed E-state index contributed by atoms with van der Waals surface area (Å²) in [5.41, 5.74) is 7.17. The van der Waals surface area contributed by atoms with Gasteiger partial charge in [0.25, 0.3) is 0 Å². The van der Waals surface area contributed by atoms with Gasteiger partial charge >= 0.3 is 0 Å². The maximum Gasteiger partial charge on any atom is 0.224 e. The molecule has 7 heteroatoms. The van der Waals surface area contributed by atoms with Crippen molar-refractivity contribution in [2.24, 2.45) is 0 Å². The molecule has 18 heavy (non-hydrogen) atoms. The quantitative estimate of drug-likeness (QED) is 0.765. The second-order valence-electron chi connectivity index (χ2n) is 4.49. The first-order chi connectivity index (χ1) is 8.74. The Labute approximate surface area is 104 Å². The Kier molecular flexibility index (Phi) is 2.75. The first-order valence-electron chi connectivity index (χ1n) is 6.07. The summed E-state index contributed by atoms with van der Waals surface area (Å²) in [4.78, 5) is 17.8. The molecule has 3 N–H and O–H groups in total. The zero-order chi connectivity index (χ0) is 12.5. The highest BCUT2D eigenvalue weighted by Gasteiger charge is 2.20. The number of nitrogens with zero attached hydrogens (tertiary/aromatic N) is 4. The van der Waals surface area contributed by atoms with Crippen molar-refractivity contribution in [3.63, 3.8) is 0 Å². The Morgan fingerprint density at radius 3 is 3.28 bits per heavy atom. The van der Waals surface area contributed by atoms with Gasteiger partial charge in [0.05, 0.1) is 12.4 Å². The van der Waals surface area contributed by atoms with E-state index in [0.29, 0.717) is 5.65 Å². The zero-order valence-corrected chi connectivity index (χ0v) is 10.3. The van der Waals surface area contributed by atoms with Gasteiger partial charge in [-0.1, -0.05) is 0 Å². The molecule has 7 nitrogen and oxygen atoms in total. The van der Waals surface area contributed by atoms with E-state index in [1.165, 1.54) is 0 Å². The van der Waals surface area contributed by atoms with Crippen molar-refractivity contribution in [1.82, 2.24) is 19.9 Å². The SMILES string of the molecule is CC1CN(c2nc(N)nc3nc[nH]c23)CCCO1. The van der Waals surface area contributed by atoms with Crippen LogP contribution in [0.15, 0.2) is 6.33 Å². The number of anilines is 2. The lowest BCUT2D eigenvalue weighted by atomic mass is 10.3. The number of nitrogens with two attached hydrogens (primary N) is 1. The largest absolute Gasteiger partial charge is 0.377 e. The summed E-state index contributed by atoms with van der Waals surface area (Å²) in [6, 6.07) is 0. The van der Waals surface area contributed by atoms with Crippen LogP contribution in [0.5, 0.6) is 0 Å². The van der Waals surface area contributed by atoms with Crippen LogP contribution in [0, 0.1) is 0 Å². The second kappa shape index (κ2) is 4.41. The van der Waals surface area contributed by atoms with Gasteiger partial charge < -0.3 is 20.4 Å². The van der Waals surface area contributed by atoms with Gasteiger partial charge in [0.1, 0.15) is 5.52 Å². The fourth-order valence-electron chi connectivity index (χ4n) is 2.25. The smallest absolute Gasteiger partial charge is 0.224 e. The molecule has 0 aliphatic carbocycles. The maximum absolute atomic E-state index is 5.73. The van der Waals surface area contributed by atoms with Crippen molar-refractivity contribution in [3.05, 3.63) is 6.33 Å². The van der Waals surface area contributed by atoms with E-state index < -0.39 is 0 Å². The topological polar surface area (TPSA) is 93.0 Å². The number of fused-ring (bicyclic) bond motifs is 1. The summed E-state index contributed by atoms with van der Waals surface area (Å²) in [5.74, 6) is 1.06. The molecule has 1 atom stereocenters. The third-order valence-electron chi connectivity index (χ3n) is 3.04. The Balaban J connectivity index is 2.03. The van der Waals surface area contributed by atoms with Gasteiger partial charge in [-0.05, 0) is 13.3 Å². The molecule has 0 radical (unpaired) electrons. The lowest BCUT2D eigenvalue weighted by Crippen LogP contribution is -2.31. The fourth-order valence-corrected chi connectivity index (χ4v) is 2.25. The summed E-state index contributed by atoms with van der Waals surface area (Å²) in [7, 11) is 0. The van der Waals surface area contributed by atoms with E-state index in [4.69, 9.17) is 10.5 Å². The van der Waals surface area contributed by atoms with Crippen LogP contribution in [0.2, 0.25) is 0 Å². The van der Waals surface area contributed by atoms with E-state index in [-0.39, 0.29) is 12.1 Å². The van der Waals surface area contributed by atoms with Gasteiger partial charge in [-0.25, -0.2) is 4.98 Å². The number of H-pyrrole nitrogens is 1. The lowest BCUT2D eigenvalue weighted by Gasteiger charge is -2.23. The van der Waals surface area contributed by atoms with Crippen LogP contribution in [0.1, 0.15) is 13.3 Å². The highest BCUT2D eigenvalue weighted by Crippen LogP contribution is 2.23. The van der Waals surface area contributed by atoms with Crippen LogP contribution in [0.25, 0.3) is 11.2 Å². The van der Waals surface area contributed by atoms with Crippen LogP contribution in [-0.4, -0.2) is 45.7 Å². The van der Waals surface area contributed by atoms with E-state index in [1.807, 2.05) is 0 Å². The first kappa shape index (κ1) is 11.2. The van der Waals surface area contributed by atoms with Crippen molar-refractivity contribution < 1.29 is 4.74 Å². The van der Waals surface area contributed by atoms with Crippen LogP contribution < -0.4 is 10.6 Å². The van der Waals surface area contributed by atoms with Crippen molar-refractivity contribution in [1.29, 1.82) is 0 Å². The lowest BCUT2D eigenvalue weighted by molar-refractivity contribution is 0.0820.